The fraction of sp³-hybridized carbons (Fsp3) is 0.444. The van der Waals surface area contributed by atoms with E-state index >= 15 is 0 Å². The Kier molecular flexibility index (Phi) is 2.51. The summed E-state index contributed by atoms with van der Waals surface area (Å²) in [6.45, 7) is 3.67. The van der Waals surface area contributed by atoms with Gasteiger partial charge in [-0.1, -0.05) is 6.92 Å². The van der Waals surface area contributed by atoms with Crippen molar-refractivity contribution in [2.45, 2.75) is 20.3 Å². The van der Waals surface area contributed by atoms with Crippen LogP contribution in [0.4, 0.5) is 0 Å². The monoisotopic (exact) mass is 221 g/mol. The van der Waals surface area contributed by atoms with Crippen molar-refractivity contribution in [3.8, 4) is 0 Å². The number of ether oxygens (including phenoxy) is 1. The molecule has 7 heteroatoms. The van der Waals surface area contributed by atoms with Gasteiger partial charge in [-0.25, -0.2) is 4.79 Å². The molecule has 0 N–H and O–H groups in total. The first-order valence-electron chi connectivity index (χ1n) is 4.84. The normalized spacial score (nSPS) is 10.7. The van der Waals surface area contributed by atoms with Crippen molar-refractivity contribution in [2.24, 2.45) is 0 Å². The molecule has 0 fully saturated rings. The lowest BCUT2D eigenvalue weighted by Crippen LogP contribution is -2.12. The molecule has 0 bridgehead atoms. The van der Waals surface area contributed by atoms with Crippen LogP contribution < -0.4 is 0 Å². The fourth-order valence-corrected chi connectivity index (χ4v) is 1.34. The van der Waals surface area contributed by atoms with E-state index in [4.69, 9.17) is 0 Å². The summed E-state index contributed by atoms with van der Waals surface area (Å²) in [5, 5.41) is 11.8. The number of aromatic nitrogens is 5. The van der Waals surface area contributed by atoms with Crippen LogP contribution in [0.3, 0.4) is 0 Å². The van der Waals surface area contributed by atoms with Crippen LogP contribution in [0.2, 0.25) is 0 Å². The highest BCUT2D eigenvalue weighted by Crippen LogP contribution is 2.07. The topological polar surface area (TPSA) is 82.3 Å². The van der Waals surface area contributed by atoms with Gasteiger partial charge in [0.15, 0.2) is 11.5 Å². The lowest BCUT2D eigenvalue weighted by molar-refractivity contribution is 0.0590. The lowest BCUT2D eigenvalue weighted by Gasteiger charge is -2.01. The van der Waals surface area contributed by atoms with Gasteiger partial charge in [-0.3, -0.25) is 0 Å². The van der Waals surface area contributed by atoms with E-state index in [0.717, 1.165) is 0 Å². The maximum absolute atomic E-state index is 11.4. The molecule has 0 aliphatic carbocycles. The van der Waals surface area contributed by atoms with Crippen molar-refractivity contribution in [3.05, 3.63) is 17.2 Å². The first kappa shape index (κ1) is 10.5. The highest BCUT2D eigenvalue weighted by molar-refractivity contribution is 5.88. The molecule has 2 aromatic heterocycles. The summed E-state index contributed by atoms with van der Waals surface area (Å²) >= 11 is 0. The van der Waals surface area contributed by atoms with E-state index in [1.165, 1.54) is 11.6 Å². The number of carbonyl (C=O) groups excluding carboxylic acids is 1. The van der Waals surface area contributed by atoms with Crippen molar-refractivity contribution >= 4 is 11.7 Å². The molecule has 2 aromatic rings. The van der Waals surface area contributed by atoms with Gasteiger partial charge < -0.3 is 4.74 Å². The van der Waals surface area contributed by atoms with Gasteiger partial charge in [-0.15, -0.1) is 15.3 Å². The van der Waals surface area contributed by atoms with E-state index in [9.17, 15) is 4.79 Å². The number of hydrogen-bond acceptors (Lipinski definition) is 6. The summed E-state index contributed by atoms with van der Waals surface area (Å²) < 4.78 is 6.09. The molecule has 2 rings (SSSR count). The average molecular weight is 221 g/mol. The minimum Gasteiger partial charge on any atom is -0.464 e. The van der Waals surface area contributed by atoms with Crippen LogP contribution >= 0.6 is 0 Å². The van der Waals surface area contributed by atoms with Crippen LogP contribution in [-0.2, 0) is 11.2 Å². The van der Waals surface area contributed by atoms with Gasteiger partial charge in [-0.05, 0) is 6.92 Å². The van der Waals surface area contributed by atoms with Gasteiger partial charge in [0.05, 0.1) is 12.8 Å². The van der Waals surface area contributed by atoms with Crippen molar-refractivity contribution in [1.29, 1.82) is 0 Å². The second kappa shape index (κ2) is 3.84. The second-order valence-electron chi connectivity index (χ2n) is 3.22. The van der Waals surface area contributed by atoms with E-state index in [0.29, 0.717) is 23.7 Å². The fourth-order valence-electron chi connectivity index (χ4n) is 1.34. The Bertz CT molecular complexity index is 548. The van der Waals surface area contributed by atoms with E-state index in [-0.39, 0.29) is 5.69 Å². The summed E-state index contributed by atoms with van der Waals surface area (Å²) in [7, 11) is 1.30. The molecule has 0 aliphatic rings. The van der Waals surface area contributed by atoms with Crippen LogP contribution in [0.5, 0.6) is 0 Å². The molecule has 0 unspecified atom stereocenters. The number of methoxy groups -OCH3 is 1. The molecule has 7 nitrogen and oxygen atoms in total. The molecule has 0 amide bonds. The first-order chi connectivity index (χ1) is 7.67. The third-order valence-corrected chi connectivity index (χ3v) is 2.23. The predicted octanol–water partition coefficient (Wildman–Crippen LogP) is 0.177. The summed E-state index contributed by atoms with van der Waals surface area (Å²) in [6, 6.07) is 0. The zero-order chi connectivity index (χ0) is 11.7. The molecule has 0 saturated heterocycles. The molecule has 16 heavy (non-hydrogen) atoms. The van der Waals surface area contributed by atoms with Crippen LogP contribution in [0.15, 0.2) is 0 Å². The van der Waals surface area contributed by atoms with Crippen molar-refractivity contribution in [1.82, 2.24) is 24.8 Å². The van der Waals surface area contributed by atoms with Gasteiger partial charge in [0.25, 0.3) is 5.78 Å². The van der Waals surface area contributed by atoms with Crippen LogP contribution in [0.1, 0.15) is 28.9 Å². The van der Waals surface area contributed by atoms with E-state index in [1.807, 2.05) is 6.92 Å². The minimum absolute atomic E-state index is 0.155. The molecule has 84 valence electrons. The maximum Gasteiger partial charge on any atom is 0.360 e. The second-order valence-corrected chi connectivity index (χ2v) is 3.22. The smallest absolute Gasteiger partial charge is 0.360 e. The van der Waals surface area contributed by atoms with Gasteiger partial charge in [0.2, 0.25) is 0 Å². The quantitative estimate of drug-likeness (QED) is 0.672. The van der Waals surface area contributed by atoms with Gasteiger partial charge in [0.1, 0.15) is 0 Å². The number of fused-ring (bicyclic) bond motifs is 1. The van der Waals surface area contributed by atoms with E-state index < -0.39 is 5.97 Å². The Labute approximate surface area is 91.5 Å². The maximum atomic E-state index is 11.4. The number of nitrogens with zero attached hydrogens (tertiary/aromatic N) is 5. The number of rotatable bonds is 2. The molecule has 0 saturated carbocycles. The third-order valence-electron chi connectivity index (χ3n) is 2.23. The molecular formula is C9H11N5O2. The van der Waals surface area contributed by atoms with Gasteiger partial charge in [-0.2, -0.15) is 9.50 Å². The molecule has 0 aromatic carbocycles. The minimum atomic E-state index is -0.527. The van der Waals surface area contributed by atoms with Crippen LogP contribution in [-0.4, -0.2) is 37.9 Å². The molecule has 0 spiro atoms. The van der Waals surface area contributed by atoms with E-state index in [1.54, 1.807) is 6.92 Å². The summed E-state index contributed by atoms with van der Waals surface area (Å²) in [6.07, 6.45) is 0.705. The van der Waals surface area contributed by atoms with Gasteiger partial charge >= 0.3 is 5.97 Å². The van der Waals surface area contributed by atoms with Crippen molar-refractivity contribution < 1.29 is 9.53 Å². The number of hydrogen-bond donors (Lipinski definition) is 0. The molecule has 2 heterocycles. The van der Waals surface area contributed by atoms with Gasteiger partial charge in [0, 0.05) is 6.42 Å². The van der Waals surface area contributed by atoms with E-state index in [2.05, 4.69) is 25.0 Å². The Morgan fingerprint density at radius 2 is 2.19 bits per heavy atom. The number of carbonyl (C=O) groups is 1. The Balaban J connectivity index is 2.64. The average Bonchev–Trinajstić information content (AvgIpc) is 2.72. The molecule has 0 atom stereocenters. The highest BCUT2D eigenvalue weighted by Gasteiger charge is 2.16. The predicted molar refractivity (Wildman–Crippen MR) is 54.0 cm³/mol. The Hall–Kier alpha value is -2.05. The van der Waals surface area contributed by atoms with Crippen molar-refractivity contribution in [3.63, 3.8) is 0 Å². The standard InChI is InChI=1S/C9H11N5O2/c1-4-6-10-9-12-11-7(8(15)16-3)5(2)14(9)13-6/h4H2,1-3H3. The third kappa shape index (κ3) is 1.50. The zero-order valence-electron chi connectivity index (χ0n) is 9.26. The lowest BCUT2D eigenvalue weighted by atomic mass is 10.3. The zero-order valence-corrected chi connectivity index (χ0v) is 9.26. The summed E-state index contributed by atoms with van der Waals surface area (Å²) in [5.41, 5.74) is 0.728. The molecular weight excluding hydrogens is 210 g/mol. The highest BCUT2D eigenvalue weighted by atomic mass is 16.5. The Morgan fingerprint density at radius 3 is 2.81 bits per heavy atom. The SMILES string of the molecule is CCc1nc2nnc(C(=O)OC)c(C)n2n1. The summed E-state index contributed by atoms with van der Waals surface area (Å²) in [4.78, 5) is 15.5. The van der Waals surface area contributed by atoms with Crippen molar-refractivity contribution in [2.75, 3.05) is 7.11 Å². The number of esters is 1. The van der Waals surface area contributed by atoms with Crippen LogP contribution in [0.25, 0.3) is 5.78 Å². The molecule has 0 aliphatic heterocycles. The Morgan fingerprint density at radius 1 is 1.44 bits per heavy atom. The first-order valence-corrected chi connectivity index (χ1v) is 4.84. The number of aryl methyl sites for hydroxylation is 2. The molecule has 0 radical (unpaired) electrons. The summed E-state index contributed by atoms with van der Waals surface area (Å²) in [5.74, 6) is 0.530. The largest absolute Gasteiger partial charge is 0.464 e. The van der Waals surface area contributed by atoms with Crippen LogP contribution in [0, 0.1) is 6.92 Å².